The summed E-state index contributed by atoms with van der Waals surface area (Å²) in [6, 6.07) is 14.6. The first-order chi connectivity index (χ1) is 15.4. The van der Waals surface area contributed by atoms with E-state index in [1.165, 1.54) is 30.3 Å². The molecule has 0 spiro atoms. The van der Waals surface area contributed by atoms with Crippen LogP contribution < -0.4 is 16.0 Å². The number of hydrogen-bond acceptors (Lipinski definition) is 5. The number of halogens is 3. The van der Waals surface area contributed by atoms with Crippen LogP contribution in [0.3, 0.4) is 0 Å². The first-order valence-corrected chi connectivity index (χ1v) is 10.3. The predicted octanol–water partition coefficient (Wildman–Crippen LogP) is 6.03. The van der Waals surface area contributed by atoms with Gasteiger partial charge in [0.2, 0.25) is 0 Å². The number of nitrogens with two attached hydrogens (primary N) is 1. The van der Waals surface area contributed by atoms with E-state index in [4.69, 9.17) is 17.3 Å². The highest BCUT2D eigenvalue weighted by Gasteiger charge is 2.24. The topological polar surface area (TPSA) is 66.5 Å². The van der Waals surface area contributed by atoms with Crippen molar-refractivity contribution in [3.8, 4) is 0 Å². The molecule has 0 amide bonds. The Kier molecular flexibility index (Phi) is 4.90. The molecule has 0 radical (unpaired) electrons. The Balaban J connectivity index is 1.67. The van der Waals surface area contributed by atoms with Crippen LogP contribution in [-0.2, 0) is 0 Å². The minimum absolute atomic E-state index is 0.232. The molecule has 0 bridgehead atoms. The van der Waals surface area contributed by atoms with Crippen molar-refractivity contribution in [3.63, 3.8) is 0 Å². The highest BCUT2D eigenvalue weighted by Crippen LogP contribution is 2.40. The first-order valence-electron chi connectivity index (χ1n) is 9.90. The summed E-state index contributed by atoms with van der Waals surface area (Å²) >= 11 is 6.04. The van der Waals surface area contributed by atoms with Gasteiger partial charge in [0.1, 0.15) is 30.0 Å². The third kappa shape index (κ3) is 3.40. The molecule has 1 aliphatic heterocycles. The minimum Gasteiger partial charge on any atom is -0.383 e. The maximum Gasteiger partial charge on any atom is 0.146 e. The van der Waals surface area contributed by atoms with Gasteiger partial charge in [-0.3, -0.25) is 0 Å². The van der Waals surface area contributed by atoms with Crippen LogP contribution in [-0.4, -0.2) is 17.5 Å². The van der Waals surface area contributed by atoms with Crippen LogP contribution in [0.25, 0.3) is 10.8 Å². The summed E-state index contributed by atoms with van der Waals surface area (Å²) in [5.74, 6) is -0.0201. The van der Waals surface area contributed by atoms with E-state index in [2.05, 4.69) is 15.3 Å². The third-order valence-corrected chi connectivity index (χ3v) is 5.71. The van der Waals surface area contributed by atoms with Crippen molar-refractivity contribution >= 4 is 51.1 Å². The van der Waals surface area contributed by atoms with Crippen LogP contribution in [0.15, 0.2) is 65.8 Å². The Morgan fingerprint density at radius 2 is 1.88 bits per heavy atom. The molecule has 5 rings (SSSR count). The van der Waals surface area contributed by atoms with Gasteiger partial charge in [-0.05, 0) is 55.0 Å². The standard InChI is InChI=1S/C24H18ClF2N5/c1-13-2-5-17-16(8-9-29-24(17)31-20-10-14(25)3-6-19(20)27)22(13)32-12-30-23(28)18-11-15(26)4-7-21(18)32/h2-11H,12H2,1H3,(H2,28,30)(H,29,31). The summed E-state index contributed by atoms with van der Waals surface area (Å²) in [6.45, 7) is 2.28. The third-order valence-electron chi connectivity index (χ3n) is 5.48. The van der Waals surface area contributed by atoms with Gasteiger partial charge in [0.05, 0.1) is 17.1 Å². The van der Waals surface area contributed by atoms with Crippen molar-refractivity contribution < 1.29 is 8.78 Å². The van der Waals surface area contributed by atoms with E-state index in [1.807, 2.05) is 30.0 Å². The summed E-state index contributed by atoms with van der Waals surface area (Å²) in [5, 5.41) is 5.14. The van der Waals surface area contributed by atoms with Gasteiger partial charge in [-0.1, -0.05) is 23.7 Å². The van der Waals surface area contributed by atoms with E-state index in [0.717, 1.165) is 27.7 Å². The van der Waals surface area contributed by atoms with Crippen molar-refractivity contribution in [2.75, 3.05) is 16.9 Å². The number of hydrogen-bond donors (Lipinski definition) is 2. The van der Waals surface area contributed by atoms with Gasteiger partial charge < -0.3 is 16.0 Å². The highest BCUT2D eigenvalue weighted by molar-refractivity contribution is 6.30. The van der Waals surface area contributed by atoms with Crippen LogP contribution in [0, 0.1) is 18.6 Å². The van der Waals surface area contributed by atoms with Crippen molar-refractivity contribution in [3.05, 3.63) is 88.6 Å². The summed E-state index contributed by atoms with van der Waals surface area (Å²) in [5.41, 5.74) is 9.46. The maximum atomic E-state index is 14.3. The van der Waals surface area contributed by atoms with Gasteiger partial charge in [0, 0.05) is 27.6 Å². The second-order valence-electron chi connectivity index (χ2n) is 7.51. The molecule has 0 saturated heterocycles. The Hall–Kier alpha value is -3.71. The predicted molar refractivity (Wildman–Crippen MR) is 125 cm³/mol. The number of anilines is 4. The molecular formula is C24H18ClF2N5. The van der Waals surface area contributed by atoms with E-state index >= 15 is 0 Å². The van der Waals surface area contributed by atoms with Gasteiger partial charge in [-0.25, -0.2) is 18.8 Å². The fourth-order valence-electron chi connectivity index (χ4n) is 3.98. The number of nitrogens with one attached hydrogen (secondary N) is 1. The highest BCUT2D eigenvalue weighted by atomic mass is 35.5. The van der Waals surface area contributed by atoms with E-state index in [1.54, 1.807) is 12.3 Å². The number of amidine groups is 1. The molecule has 0 atom stereocenters. The van der Waals surface area contributed by atoms with Crippen LogP contribution >= 0.6 is 11.6 Å². The summed E-state index contributed by atoms with van der Waals surface area (Å²) in [6.07, 6.45) is 1.66. The molecule has 0 saturated carbocycles. The molecule has 32 heavy (non-hydrogen) atoms. The average molecular weight is 450 g/mol. The van der Waals surface area contributed by atoms with E-state index in [0.29, 0.717) is 28.9 Å². The normalized spacial score (nSPS) is 13.1. The Morgan fingerprint density at radius 1 is 1.03 bits per heavy atom. The van der Waals surface area contributed by atoms with Gasteiger partial charge >= 0.3 is 0 Å². The second kappa shape index (κ2) is 7.76. The van der Waals surface area contributed by atoms with Gasteiger partial charge in [-0.2, -0.15) is 0 Å². The molecule has 2 heterocycles. The molecule has 0 fully saturated rings. The van der Waals surface area contributed by atoms with Gasteiger partial charge in [0.15, 0.2) is 0 Å². The van der Waals surface area contributed by atoms with Crippen molar-refractivity contribution in [1.82, 2.24) is 4.98 Å². The summed E-state index contributed by atoms with van der Waals surface area (Å²) in [4.78, 5) is 10.8. The fourth-order valence-corrected chi connectivity index (χ4v) is 4.15. The molecule has 3 N–H and O–H groups in total. The smallest absolute Gasteiger partial charge is 0.146 e. The van der Waals surface area contributed by atoms with Crippen molar-refractivity contribution in [2.45, 2.75) is 6.92 Å². The summed E-state index contributed by atoms with van der Waals surface area (Å²) in [7, 11) is 0. The Labute approximate surface area is 188 Å². The molecule has 3 aromatic carbocycles. The van der Waals surface area contributed by atoms with E-state index in [9.17, 15) is 8.78 Å². The largest absolute Gasteiger partial charge is 0.383 e. The molecule has 4 aromatic rings. The number of benzene rings is 3. The summed E-state index contributed by atoms with van der Waals surface area (Å²) < 4.78 is 28.2. The van der Waals surface area contributed by atoms with Crippen LogP contribution in [0.2, 0.25) is 5.02 Å². The molecule has 160 valence electrons. The number of aliphatic imine (C=N–C) groups is 1. The van der Waals surface area contributed by atoms with Gasteiger partial charge in [0.25, 0.3) is 0 Å². The Bertz CT molecular complexity index is 1400. The molecular weight excluding hydrogens is 432 g/mol. The molecule has 8 heteroatoms. The van der Waals surface area contributed by atoms with Crippen LogP contribution in [0.5, 0.6) is 0 Å². The monoisotopic (exact) mass is 449 g/mol. The molecule has 1 aromatic heterocycles. The zero-order chi connectivity index (χ0) is 22.4. The number of pyridine rings is 1. The van der Waals surface area contributed by atoms with E-state index in [-0.39, 0.29) is 11.5 Å². The second-order valence-corrected chi connectivity index (χ2v) is 7.95. The molecule has 0 unspecified atom stereocenters. The lowest BCUT2D eigenvalue weighted by molar-refractivity contribution is 0.627. The number of fused-ring (bicyclic) bond motifs is 2. The number of aryl methyl sites for hydroxylation is 1. The van der Waals surface area contributed by atoms with Crippen molar-refractivity contribution in [1.29, 1.82) is 0 Å². The number of nitrogens with zero attached hydrogens (tertiary/aromatic N) is 3. The lowest BCUT2D eigenvalue weighted by Crippen LogP contribution is -2.30. The zero-order valence-corrected chi connectivity index (χ0v) is 17.8. The quantitative estimate of drug-likeness (QED) is 0.400. The fraction of sp³-hybridized carbons (Fsp3) is 0.0833. The average Bonchev–Trinajstić information content (AvgIpc) is 2.77. The SMILES string of the molecule is Cc1ccc2c(Nc3cc(Cl)ccc3F)nccc2c1N1CN=C(N)c2cc(F)ccc21. The molecule has 5 nitrogen and oxygen atoms in total. The van der Waals surface area contributed by atoms with Crippen molar-refractivity contribution in [2.24, 2.45) is 10.7 Å². The number of aromatic nitrogens is 1. The van der Waals surface area contributed by atoms with Gasteiger partial charge in [-0.15, -0.1) is 0 Å². The van der Waals surface area contributed by atoms with Crippen LogP contribution in [0.4, 0.5) is 31.7 Å². The lowest BCUT2D eigenvalue weighted by atomic mass is 10.0. The number of rotatable bonds is 3. The Morgan fingerprint density at radius 3 is 2.72 bits per heavy atom. The van der Waals surface area contributed by atoms with E-state index < -0.39 is 5.82 Å². The maximum absolute atomic E-state index is 14.3. The van der Waals surface area contributed by atoms with Crippen LogP contribution in [0.1, 0.15) is 11.1 Å². The molecule has 1 aliphatic rings. The lowest BCUT2D eigenvalue weighted by Gasteiger charge is -2.31. The first kappa shape index (κ1) is 20.2. The zero-order valence-electron chi connectivity index (χ0n) is 17.0. The molecule has 0 aliphatic carbocycles. The minimum atomic E-state index is -0.433.